The van der Waals surface area contributed by atoms with Crippen molar-refractivity contribution in [1.82, 2.24) is 4.98 Å². The van der Waals surface area contributed by atoms with E-state index in [1.54, 1.807) is 22.6 Å². The summed E-state index contributed by atoms with van der Waals surface area (Å²) in [6, 6.07) is 1.14. The van der Waals surface area contributed by atoms with E-state index in [-0.39, 0.29) is 8.59 Å². The van der Waals surface area contributed by atoms with Crippen LogP contribution in [0, 0.1) is 3.57 Å². The van der Waals surface area contributed by atoms with Crippen molar-refractivity contribution < 1.29 is 18.7 Å². The van der Waals surface area contributed by atoms with Crippen LogP contribution in [0.25, 0.3) is 0 Å². The number of carboxylic acid groups (broad SMARTS) is 1. The van der Waals surface area contributed by atoms with Crippen LogP contribution in [0.5, 0.6) is 0 Å². The molecule has 0 aliphatic carbocycles. The predicted octanol–water partition coefficient (Wildman–Crippen LogP) is 2.98. The number of alkyl halides is 2. The van der Waals surface area contributed by atoms with Crippen molar-refractivity contribution in [2.75, 3.05) is 0 Å². The summed E-state index contributed by atoms with van der Waals surface area (Å²) in [4.78, 5) is 13.7. The van der Waals surface area contributed by atoms with Crippen LogP contribution < -0.4 is 0 Å². The van der Waals surface area contributed by atoms with E-state index in [2.05, 4.69) is 4.98 Å². The minimum atomic E-state index is -2.88. The van der Waals surface area contributed by atoms with Gasteiger partial charge in [0.05, 0.1) is 5.02 Å². The topological polar surface area (TPSA) is 50.2 Å². The number of aromatic nitrogens is 1. The standard InChI is InChI=1S/C7H3ClF2INO2/c8-4-2(11)1-3(7(13)14)12-5(4)6(9)10/h1,6H,(H,13,14). The van der Waals surface area contributed by atoms with Gasteiger partial charge in [0.2, 0.25) is 0 Å². The second kappa shape index (κ2) is 4.35. The highest BCUT2D eigenvalue weighted by Crippen LogP contribution is 2.29. The Labute approximate surface area is 96.2 Å². The average molecular weight is 333 g/mol. The molecule has 0 bridgehead atoms. The lowest BCUT2D eigenvalue weighted by molar-refractivity contribution is 0.0688. The van der Waals surface area contributed by atoms with Gasteiger partial charge in [0.25, 0.3) is 6.43 Å². The summed E-state index contributed by atoms with van der Waals surface area (Å²) in [5, 5.41) is 8.35. The fraction of sp³-hybridized carbons (Fsp3) is 0.143. The fourth-order valence-corrected chi connectivity index (χ4v) is 1.52. The van der Waals surface area contributed by atoms with E-state index in [4.69, 9.17) is 16.7 Å². The van der Waals surface area contributed by atoms with Crippen LogP contribution in [-0.2, 0) is 0 Å². The Morgan fingerprint density at radius 2 is 2.21 bits per heavy atom. The smallest absolute Gasteiger partial charge is 0.354 e. The predicted molar refractivity (Wildman–Crippen MR) is 53.9 cm³/mol. The summed E-state index contributed by atoms with van der Waals surface area (Å²) in [6.07, 6.45) is -2.88. The molecule has 7 heteroatoms. The van der Waals surface area contributed by atoms with E-state index in [1.807, 2.05) is 0 Å². The highest BCUT2D eigenvalue weighted by atomic mass is 127. The number of nitrogens with zero attached hydrogens (tertiary/aromatic N) is 1. The molecule has 0 atom stereocenters. The number of pyridine rings is 1. The zero-order valence-corrected chi connectivity index (χ0v) is 9.38. The Hall–Kier alpha value is -0.500. The zero-order chi connectivity index (χ0) is 10.9. The van der Waals surface area contributed by atoms with Gasteiger partial charge in [-0.25, -0.2) is 18.6 Å². The average Bonchev–Trinajstić information content (AvgIpc) is 2.08. The largest absolute Gasteiger partial charge is 0.477 e. The summed E-state index contributed by atoms with van der Waals surface area (Å²) in [5.74, 6) is -1.36. The molecule has 0 aliphatic heterocycles. The molecule has 0 radical (unpaired) electrons. The van der Waals surface area contributed by atoms with E-state index in [0.717, 1.165) is 6.07 Å². The first-order valence-corrected chi connectivity index (χ1v) is 4.76. The first-order valence-electron chi connectivity index (χ1n) is 3.31. The van der Waals surface area contributed by atoms with Crippen molar-refractivity contribution in [2.45, 2.75) is 6.43 Å². The van der Waals surface area contributed by atoms with Crippen LogP contribution in [0.2, 0.25) is 5.02 Å². The molecule has 0 saturated heterocycles. The maximum absolute atomic E-state index is 12.3. The molecule has 0 aliphatic rings. The molecule has 0 amide bonds. The van der Waals surface area contributed by atoms with Gasteiger partial charge in [0, 0.05) is 3.57 Å². The lowest BCUT2D eigenvalue weighted by Gasteiger charge is -2.05. The van der Waals surface area contributed by atoms with E-state index in [0.29, 0.717) is 0 Å². The molecule has 0 spiro atoms. The molecule has 1 N–H and O–H groups in total. The first kappa shape index (κ1) is 11.6. The molecular formula is C7H3ClF2INO2. The molecule has 0 fully saturated rings. The van der Waals surface area contributed by atoms with E-state index < -0.39 is 23.8 Å². The molecule has 0 aromatic carbocycles. The molecule has 1 rings (SSSR count). The number of hydrogen-bond acceptors (Lipinski definition) is 2. The van der Waals surface area contributed by atoms with Gasteiger partial charge in [-0.3, -0.25) is 0 Å². The van der Waals surface area contributed by atoms with Gasteiger partial charge in [-0.1, -0.05) is 11.6 Å². The van der Waals surface area contributed by atoms with Crippen LogP contribution >= 0.6 is 34.2 Å². The molecule has 0 unspecified atom stereocenters. The zero-order valence-electron chi connectivity index (χ0n) is 6.47. The van der Waals surface area contributed by atoms with Crippen molar-refractivity contribution in [2.24, 2.45) is 0 Å². The summed E-state index contributed by atoms with van der Waals surface area (Å²) < 4.78 is 24.9. The number of halogens is 4. The minimum absolute atomic E-state index is 0.203. The third kappa shape index (κ3) is 2.30. The van der Waals surface area contributed by atoms with E-state index >= 15 is 0 Å². The Morgan fingerprint density at radius 3 is 2.64 bits per heavy atom. The Bertz CT molecular complexity index is 386. The monoisotopic (exact) mass is 333 g/mol. The molecule has 3 nitrogen and oxygen atoms in total. The lowest BCUT2D eigenvalue weighted by Crippen LogP contribution is -2.05. The molecular weight excluding hydrogens is 330 g/mol. The Balaban J connectivity index is 3.35. The van der Waals surface area contributed by atoms with Crippen molar-refractivity contribution in [3.8, 4) is 0 Å². The highest BCUT2D eigenvalue weighted by Gasteiger charge is 2.19. The van der Waals surface area contributed by atoms with Gasteiger partial charge in [-0.2, -0.15) is 0 Å². The van der Waals surface area contributed by atoms with Crippen LogP contribution in [-0.4, -0.2) is 16.1 Å². The van der Waals surface area contributed by atoms with Gasteiger partial charge in [0.15, 0.2) is 0 Å². The quantitative estimate of drug-likeness (QED) is 0.847. The van der Waals surface area contributed by atoms with Crippen molar-refractivity contribution in [1.29, 1.82) is 0 Å². The Morgan fingerprint density at radius 1 is 1.64 bits per heavy atom. The highest BCUT2D eigenvalue weighted by molar-refractivity contribution is 14.1. The van der Waals surface area contributed by atoms with Gasteiger partial charge < -0.3 is 5.11 Å². The van der Waals surface area contributed by atoms with Crippen LogP contribution in [0.15, 0.2) is 6.07 Å². The van der Waals surface area contributed by atoms with Crippen molar-refractivity contribution >= 4 is 40.2 Å². The number of hydrogen-bond donors (Lipinski definition) is 1. The molecule has 1 aromatic rings. The van der Waals surface area contributed by atoms with Crippen molar-refractivity contribution in [3.05, 3.63) is 26.0 Å². The fourth-order valence-electron chi connectivity index (χ4n) is 0.771. The minimum Gasteiger partial charge on any atom is -0.477 e. The normalized spacial score (nSPS) is 10.6. The van der Waals surface area contributed by atoms with E-state index in [9.17, 15) is 13.6 Å². The number of rotatable bonds is 2. The molecule has 1 aromatic heterocycles. The summed E-state index contributed by atoms with van der Waals surface area (Å²) in [7, 11) is 0. The summed E-state index contributed by atoms with van der Waals surface area (Å²) >= 11 is 7.20. The van der Waals surface area contributed by atoms with Gasteiger partial charge >= 0.3 is 5.97 Å². The van der Waals surface area contributed by atoms with Crippen LogP contribution in [0.4, 0.5) is 8.78 Å². The molecule has 0 saturated carbocycles. The van der Waals surface area contributed by atoms with Crippen LogP contribution in [0.3, 0.4) is 0 Å². The molecule has 1 heterocycles. The maximum Gasteiger partial charge on any atom is 0.354 e. The summed E-state index contributed by atoms with van der Waals surface area (Å²) in [5.41, 5.74) is -1.13. The number of carboxylic acids is 1. The molecule has 76 valence electrons. The third-order valence-corrected chi connectivity index (χ3v) is 2.93. The number of carbonyl (C=O) groups is 1. The number of aromatic carboxylic acids is 1. The summed E-state index contributed by atoms with van der Waals surface area (Å²) in [6.45, 7) is 0. The molecule has 14 heavy (non-hydrogen) atoms. The maximum atomic E-state index is 12.3. The van der Waals surface area contributed by atoms with E-state index in [1.165, 1.54) is 0 Å². The second-order valence-corrected chi connectivity index (χ2v) is 3.83. The lowest BCUT2D eigenvalue weighted by atomic mass is 10.3. The van der Waals surface area contributed by atoms with Gasteiger partial charge in [0.1, 0.15) is 11.4 Å². The van der Waals surface area contributed by atoms with Gasteiger partial charge in [-0.15, -0.1) is 0 Å². The first-order chi connectivity index (χ1) is 6.43. The third-order valence-electron chi connectivity index (χ3n) is 1.36. The van der Waals surface area contributed by atoms with Crippen LogP contribution in [0.1, 0.15) is 22.6 Å². The van der Waals surface area contributed by atoms with Gasteiger partial charge in [-0.05, 0) is 28.7 Å². The van der Waals surface area contributed by atoms with Crippen molar-refractivity contribution in [3.63, 3.8) is 0 Å². The SMILES string of the molecule is O=C(O)c1cc(I)c(Cl)c(C(F)F)n1. The second-order valence-electron chi connectivity index (χ2n) is 2.29. The Kier molecular flexibility index (Phi) is 3.59.